The predicted molar refractivity (Wildman–Crippen MR) is 153 cm³/mol. The molecule has 0 spiro atoms. The average molecular weight is 476 g/mol. The SMILES string of the molecule is c1ccc(N(c2ccc3ccccc3c2)c2cccc3oc4ccc5c6ccccc6oc5c4c23)cc1. The van der Waals surface area contributed by atoms with Crippen LogP contribution in [0.3, 0.4) is 0 Å². The van der Waals surface area contributed by atoms with E-state index in [1.807, 2.05) is 24.3 Å². The molecule has 0 aliphatic rings. The molecule has 0 amide bonds. The van der Waals surface area contributed by atoms with Gasteiger partial charge in [-0.1, -0.05) is 72.8 Å². The first-order valence-electron chi connectivity index (χ1n) is 12.4. The van der Waals surface area contributed by atoms with Crippen LogP contribution in [0.25, 0.3) is 54.6 Å². The monoisotopic (exact) mass is 475 g/mol. The maximum absolute atomic E-state index is 6.46. The molecule has 0 fully saturated rings. The second kappa shape index (κ2) is 7.74. The number of hydrogen-bond acceptors (Lipinski definition) is 3. The second-order valence-corrected chi connectivity index (χ2v) is 9.37. The molecule has 0 radical (unpaired) electrons. The summed E-state index contributed by atoms with van der Waals surface area (Å²) in [7, 11) is 0. The predicted octanol–water partition coefficient (Wildman–Crippen LogP) is 10.1. The first kappa shape index (κ1) is 20.2. The highest BCUT2D eigenvalue weighted by Gasteiger charge is 2.22. The molecule has 3 heteroatoms. The van der Waals surface area contributed by atoms with Crippen LogP contribution in [0, 0.1) is 0 Å². The minimum absolute atomic E-state index is 0.820. The summed E-state index contributed by atoms with van der Waals surface area (Å²) >= 11 is 0. The van der Waals surface area contributed by atoms with Gasteiger partial charge in [0.05, 0.1) is 16.5 Å². The number of para-hydroxylation sites is 2. The number of fused-ring (bicyclic) bond motifs is 8. The van der Waals surface area contributed by atoms with Gasteiger partial charge in [0, 0.05) is 22.1 Å². The van der Waals surface area contributed by atoms with Gasteiger partial charge in [-0.3, -0.25) is 0 Å². The van der Waals surface area contributed by atoms with Gasteiger partial charge in [-0.25, -0.2) is 0 Å². The number of rotatable bonds is 3. The smallest absolute Gasteiger partial charge is 0.147 e. The minimum atomic E-state index is 0.820. The van der Waals surface area contributed by atoms with E-state index in [-0.39, 0.29) is 0 Å². The molecule has 174 valence electrons. The highest BCUT2D eigenvalue weighted by Crippen LogP contribution is 2.46. The molecule has 2 heterocycles. The van der Waals surface area contributed by atoms with Crippen LogP contribution in [0.2, 0.25) is 0 Å². The number of hydrogen-bond donors (Lipinski definition) is 0. The summed E-state index contributed by atoms with van der Waals surface area (Å²) in [4.78, 5) is 2.31. The Morgan fingerprint density at radius 2 is 1.19 bits per heavy atom. The zero-order valence-electron chi connectivity index (χ0n) is 19.9. The van der Waals surface area contributed by atoms with Crippen LogP contribution >= 0.6 is 0 Å². The molecule has 6 aromatic carbocycles. The Balaban J connectivity index is 1.49. The molecule has 0 aliphatic heterocycles. The van der Waals surface area contributed by atoms with E-state index >= 15 is 0 Å². The largest absolute Gasteiger partial charge is 0.456 e. The van der Waals surface area contributed by atoms with Gasteiger partial charge < -0.3 is 13.7 Å². The topological polar surface area (TPSA) is 29.5 Å². The Labute approximate surface area is 212 Å². The highest BCUT2D eigenvalue weighted by molar-refractivity contribution is 6.25. The molecular formula is C34H21NO2. The number of benzene rings is 6. The van der Waals surface area contributed by atoms with Crippen molar-refractivity contribution in [1.29, 1.82) is 0 Å². The lowest BCUT2D eigenvalue weighted by Gasteiger charge is -2.26. The van der Waals surface area contributed by atoms with E-state index in [4.69, 9.17) is 8.83 Å². The molecular weight excluding hydrogens is 454 g/mol. The van der Waals surface area contributed by atoms with E-state index < -0.39 is 0 Å². The van der Waals surface area contributed by atoms with Crippen LogP contribution in [-0.2, 0) is 0 Å². The molecule has 8 aromatic rings. The average Bonchev–Trinajstić information content (AvgIpc) is 3.52. The molecule has 0 bridgehead atoms. The molecule has 0 saturated carbocycles. The molecule has 3 nitrogen and oxygen atoms in total. The first-order valence-corrected chi connectivity index (χ1v) is 12.4. The van der Waals surface area contributed by atoms with Gasteiger partial charge in [0.15, 0.2) is 0 Å². The van der Waals surface area contributed by atoms with E-state index in [2.05, 4.69) is 108 Å². The third-order valence-corrected chi connectivity index (χ3v) is 7.23. The molecule has 0 aliphatic carbocycles. The van der Waals surface area contributed by atoms with Crippen molar-refractivity contribution in [1.82, 2.24) is 0 Å². The Morgan fingerprint density at radius 3 is 2.11 bits per heavy atom. The molecule has 2 aromatic heterocycles. The van der Waals surface area contributed by atoms with Gasteiger partial charge in [0.25, 0.3) is 0 Å². The maximum Gasteiger partial charge on any atom is 0.147 e. The standard InChI is InChI=1S/C34H21NO2/c1-2-11-24(12-3-1)35(25-18-17-22-9-4-5-10-23(22)21-25)28-14-8-16-30-32(28)33-31(36-30)20-19-27-26-13-6-7-15-29(26)37-34(27)33/h1-21H. The molecule has 0 atom stereocenters. The summed E-state index contributed by atoms with van der Waals surface area (Å²) in [6.45, 7) is 0. The van der Waals surface area contributed by atoms with Gasteiger partial charge in [-0.15, -0.1) is 0 Å². The maximum atomic E-state index is 6.46. The summed E-state index contributed by atoms with van der Waals surface area (Å²) in [5, 5.41) is 6.67. The van der Waals surface area contributed by atoms with Gasteiger partial charge >= 0.3 is 0 Å². The summed E-state index contributed by atoms with van der Waals surface area (Å²) in [6, 6.07) is 44.2. The van der Waals surface area contributed by atoms with E-state index in [1.165, 1.54) is 10.8 Å². The Hall–Kier alpha value is -5.02. The zero-order chi connectivity index (χ0) is 24.3. The first-order chi connectivity index (χ1) is 18.3. The summed E-state index contributed by atoms with van der Waals surface area (Å²) in [5.74, 6) is 0. The fourth-order valence-electron chi connectivity index (χ4n) is 5.57. The Bertz CT molecular complexity index is 2100. The van der Waals surface area contributed by atoms with Gasteiger partial charge in [-0.2, -0.15) is 0 Å². The molecule has 0 N–H and O–H groups in total. The van der Waals surface area contributed by atoms with Crippen molar-refractivity contribution in [2.24, 2.45) is 0 Å². The van der Waals surface area contributed by atoms with Gasteiger partial charge in [-0.05, 0) is 65.4 Å². The molecule has 0 saturated heterocycles. The minimum Gasteiger partial charge on any atom is -0.456 e. The zero-order valence-corrected chi connectivity index (χ0v) is 19.9. The lowest BCUT2D eigenvalue weighted by Crippen LogP contribution is -2.10. The lowest BCUT2D eigenvalue weighted by atomic mass is 10.0. The lowest BCUT2D eigenvalue weighted by molar-refractivity contribution is 0.663. The van der Waals surface area contributed by atoms with Crippen LogP contribution < -0.4 is 4.90 Å². The number of nitrogens with zero attached hydrogens (tertiary/aromatic N) is 1. The van der Waals surface area contributed by atoms with E-state index in [9.17, 15) is 0 Å². The molecule has 8 rings (SSSR count). The molecule has 37 heavy (non-hydrogen) atoms. The van der Waals surface area contributed by atoms with E-state index in [0.717, 1.165) is 60.9 Å². The summed E-state index contributed by atoms with van der Waals surface area (Å²) in [6.07, 6.45) is 0. The van der Waals surface area contributed by atoms with Crippen LogP contribution in [0.5, 0.6) is 0 Å². The van der Waals surface area contributed by atoms with Crippen molar-refractivity contribution < 1.29 is 8.83 Å². The van der Waals surface area contributed by atoms with E-state index in [0.29, 0.717) is 0 Å². The van der Waals surface area contributed by atoms with Gasteiger partial charge in [0.2, 0.25) is 0 Å². The second-order valence-electron chi connectivity index (χ2n) is 9.37. The van der Waals surface area contributed by atoms with Crippen molar-refractivity contribution in [2.45, 2.75) is 0 Å². The van der Waals surface area contributed by atoms with Crippen LogP contribution in [0.4, 0.5) is 17.1 Å². The number of furan rings is 2. The summed E-state index contributed by atoms with van der Waals surface area (Å²) < 4.78 is 12.9. The number of anilines is 3. The van der Waals surface area contributed by atoms with E-state index in [1.54, 1.807) is 0 Å². The van der Waals surface area contributed by atoms with Crippen molar-refractivity contribution in [2.75, 3.05) is 4.90 Å². The fourth-order valence-corrected chi connectivity index (χ4v) is 5.57. The van der Waals surface area contributed by atoms with Gasteiger partial charge in [0.1, 0.15) is 22.3 Å². The van der Waals surface area contributed by atoms with Crippen LogP contribution in [-0.4, -0.2) is 0 Å². The Kier molecular flexibility index (Phi) is 4.23. The van der Waals surface area contributed by atoms with Crippen molar-refractivity contribution >= 4 is 71.7 Å². The normalized spacial score (nSPS) is 11.8. The highest BCUT2D eigenvalue weighted by atomic mass is 16.3. The third-order valence-electron chi connectivity index (χ3n) is 7.23. The Morgan fingerprint density at radius 1 is 0.432 bits per heavy atom. The van der Waals surface area contributed by atoms with Crippen molar-refractivity contribution in [3.63, 3.8) is 0 Å². The fraction of sp³-hybridized carbons (Fsp3) is 0. The van der Waals surface area contributed by atoms with Crippen molar-refractivity contribution in [3.05, 3.63) is 127 Å². The summed E-state index contributed by atoms with van der Waals surface area (Å²) in [5.41, 5.74) is 6.61. The van der Waals surface area contributed by atoms with Crippen LogP contribution in [0.1, 0.15) is 0 Å². The quantitative estimate of drug-likeness (QED) is 0.255. The van der Waals surface area contributed by atoms with Crippen molar-refractivity contribution in [3.8, 4) is 0 Å². The third kappa shape index (κ3) is 3.01. The van der Waals surface area contributed by atoms with Crippen LogP contribution in [0.15, 0.2) is 136 Å². The molecule has 0 unspecified atom stereocenters.